The van der Waals surface area contributed by atoms with Gasteiger partial charge in [0.25, 0.3) is 0 Å². The zero-order valence-electron chi connectivity index (χ0n) is 38.8. The first-order chi connectivity index (χ1) is 28.5. The molecule has 14 nitrogen and oxygen atoms in total. The lowest BCUT2D eigenvalue weighted by Gasteiger charge is -2.54. The summed E-state index contributed by atoms with van der Waals surface area (Å²) in [5, 5.41) is 42.5. The lowest BCUT2D eigenvalue weighted by atomic mass is 9.76. The highest BCUT2D eigenvalue weighted by Gasteiger charge is 2.65. The van der Waals surface area contributed by atoms with Crippen LogP contribution in [0.3, 0.4) is 0 Å². The number of ether oxygens (including phenoxy) is 8. The lowest BCUT2D eigenvalue weighted by molar-refractivity contribution is -0.390. The predicted octanol–water partition coefficient (Wildman–Crippen LogP) is 6.15. The molecular formula is C47H78O14. The van der Waals surface area contributed by atoms with Crippen molar-refractivity contribution < 1.29 is 67.9 Å². The fraction of sp³-hybridized carbons (Fsp3) is 0.915. The van der Waals surface area contributed by atoms with E-state index in [9.17, 15) is 30.0 Å². The van der Waals surface area contributed by atoms with Crippen LogP contribution in [0.15, 0.2) is 11.6 Å². The summed E-state index contributed by atoms with van der Waals surface area (Å²) in [4.78, 5) is 24.8. The molecule has 0 radical (unpaired) electrons. The number of Topliss-reactive ketones (excluding diaryl/α,β-unsaturated/α-hetero) is 1. The van der Waals surface area contributed by atoms with Crippen molar-refractivity contribution in [3.8, 4) is 0 Å². The molecule has 21 unspecified atom stereocenters. The molecule has 0 saturated carbocycles. The van der Waals surface area contributed by atoms with E-state index >= 15 is 0 Å². The molecule has 0 aromatic carbocycles. The summed E-state index contributed by atoms with van der Waals surface area (Å²) in [6.45, 7) is 20.9. The van der Waals surface area contributed by atoms with E-state index in [1.807, 2.05) is 33.8 Å². The van der Waals surface area contributed by atoms with E-state index in [0.717, 1.165) is 6.42 Å². The number of aliphatic hydroxyl groups is 3. The number of hydrogen-bond acceptors (Lipinski definition) is 13. The van der Waals surface area contributed by atoms with Gasteiger partial charge in [-0.15, -0.1) is 0 Å². The third-order valence-electron chi connectivity index (χ3n) is 15.9. The van der Waals surface area contributed by atoms with Gasteiger partial charge in [-0.25, -0.2) is 0 Å². The molecule has 0 aromatic rings. The Labute approximate surface area is 363 Å². The second kappa shape index (κ2) is 18.7. The number of aliphatic hydroxyl groups excluding tert-OH is 2. The van der Waals surface area contributed by atoms with Crippen molar-refractivity contribution in [2.24, 2.45) is 47.3 Å². The van der Waals surface area contributed by atoms with E-state index in [1.54, 1.807) is 27.9 Å². The highest BCUT2D eigenvalue weighted by Crippen LogP contribution is 2.56. The molecule has 21 atom stereocenters. The van der Waals surface area contributed by atoms with Crippen LogP contribution in [0.2, 0.25) is 0 Å². The summed E-state index contributed by atoms with van der Waals surface area (Å²) in [6, 6.07) is 0. The van der Waals surface area contributed by atoms with Gasteiger partial charge in [0.05, 0.1) is 67.0 Å². The Morgan fingerprint density at radius 2 is 1.61 bits per heavy atom. The van der Waals surface area contributed by atoms with Gasteiger partial charge in [-0.05, 0) is 64.4 Å². The van der Waals surface area contributed by atoms with E-state index in [4.69, 9.17) is 37.9 Å². The minimum absolute atomic E-state index is 0.0130. The van der Waals surface area contributed by atoms with Crippen molar-refractivity contribution >= 4 is 11.8 Å². The van der Waals surface area contributed by atoms with Crippen LogP contribution in [0.25, 0.3) is 0 Å². The maximum atomic E-state index is 13.4. The third kappa shape index (κ3) is 9.71. The minimum Gasteiger partial charge on any atom is -0.481 e. The van der Waals surface area contributed by atoms with Crippen LogP contribution in [0, 0.1) is 47.3 Å². The Morgan fingerprint density at radius 3 is 2.25 bits per heavy atom. The topological polar surface area (TPSA) is 189 Å². The second-order valence-electron chi connectivity index (χ2n) is 20.6. The van der Waals surface area contributed by atoms with Gasteiger partial charge >= 0.3 is 5.97 Å². The van der Waals surface area contributed by atoms with Gasteiger partial charge in [0.15, 0.2) is 29.4 Å². The standard InChI is InChI=1S/C47H78O14/c1-24(40(50)25(2)18-28(5)43(51)52)17-26(3)41-31(8)34(49)22-45(59-41)16-15-44(11,61-45)38-21-36(56-39-14-13-35(54-12)33(10)55-39)32(9)47(58-38)30(7)20-37(57-47)42-27(4)19-29(6)46(53,23-48)60-42/h17,25-39,41-42,48-49,53H,13-16,18-23H2,1-12H3,(H,51,52)/b24-17-. The van der Waals surface area contributed by atoms with Crippen LogP contribution in [-0.2, 0) is 47.5 Å². The quantitative estimate of drug-likeness (QED) is 0.154. The molecule has 2 spiro atoms. The van der Waals surface area contributed by atoms with Gasteiger partial charge in [0, 0.05) is 68.3 Å². The zero-order chi connectivity index (χ0) is 45.0. The molecule has 6 rings (SSSR count). The molecule has 6 aliphatic heterocycles. The third-order valence-corrected chi connectivity index (χ3v) is 15.9. The monoisotopic (exact) mass is 867 g/mol. The Morgan fingerprint density at radius 1 is 0.902 bits per heavy atom. The predicted molar refractivity (Wildman–Crippen MR) is 224 cm³/mol. The van der Waals surface area contributed by atoms with Gasteiger partial charge in [-0.2, -0.15) is 0 Å². The number of hydrogen-bond donors (Lipinski definition) is 4. The fourth-order valence-corrected chi connectivity index (χ4v) is 11.8. The summed E-state index contributed by atoms with van der Waals surface area (Å²) >= 11 is 0. The van der Waals surface area contributed by atoms with Crippen LogP contribution in [0.5, 0.6) is 0 Å². The Kier molecular flexibility index (Phi) is 15.0. The van der Waals surface area contributed by atoms with Gasteiger partial charge in [0.1, 0.15) is 0 Å². The molecule has 0 aromatic heterocycles. The number of aliphatic carboxylic acids is 1. The first-order valence-corrected chi connectivity index (χ1v) is 23.2. The normalized spacial score (nSPS) is 48.6. The van der Waals surface area contributed by atoms with Gasteiger partial charge in [-0.3, -0.25) is 9.59 Å². The van der Waals surface area contributed by atoms with E-state index in [-0.39, 0.29) is 72.4 Å². The van der Waals surface area contributed by atoms with Crippen molar-refractivity contribution in [2.75, 3.05) is 13.7 Å². The van der Waals surface area contributed by atoms with Crippen molar-refractivity contribution in [1.29, 1.82) is 0 Å². The Bertz CT molecular complexity index is 1570. The summed E-state index contributed by atoms with van der Waals surface area (Å²) < 4.78 is 53.9. The molecule has 0 amide bonds. The molecule has 6 aliphatic rings. The summed E-state index contributed by atoms with van der Waals surface area (Å²) in [5.41, 5.74) is -0.326. The number of rotatable bonds is 13. The molecule has 6 saturated heterocycles. The average molecular weight is 867 g/mol. The summed E-state index contributed by atoms with van der Waals surface area (Å²) in [6.07, 6.45) is 3.25. The number of carbonyl (C=O) groups is 2. The number of methoxy groups -OCH3 is 1. The lowest BCUT2D eigenvalue weighted by Crippen LogP contribution is -2.63. The molecule has 0 bridgehead atoms. The maximum Gasteiger partial charge on any atom is 0.306 e. The highest BCUT2D eigenvalue weighted by molar-refractivity contribution is 5.96. The Balaban J connectivity index is 1.24. The Hall–Kier alpha value is -1.56. The van der Waals surface area contributed by atoms with Crippen LogP contribution >= 0.6 is 0 Å². The number of carbonyl (C=O) groups excluding carboxylic acids is 1. The first-order valence-electron chi connectivity index (χ1n) is 23.2. The minimum atomic E-state index is -1.66. The summed E-state index contributed by atoms with van der Waals surface area (Å²) in [5.74, 6) is -7.01. The van der Waals surface area contributed by atoms with E-state index < -0.39 is 84.2 Å². The highest BCUT2D eigenvalue weighted by atomic mass is 16.8. The maximum absolute atomic E-state index is 13.4. The van der Waals surface area contributed by atoms with Crippen molar-refractivity contribution in [3.63, 3.8) is 0 Å². The van der Waals surface area contributed by atoms with Crippen molar-refractivity contribution in [3.05, 3.63) is 11.6 Å². The van der Waals surface area contributed by atoms with Crippen LogP contribution in [0.4, 0.5) is 0 Å². The molecule has 0 aliphatic carbocycles. The number of carboxylic acids is 1. The van der Waals surface area contributed by atoms with Crippen LogP contribution in [-0.4, -0.2) is 124 Å². The average Bonchev–Trinajstić information content (AvgIpc) is 3.71. The first kappa shape index (κ1) is 48.9. The van der Waals surface area contributed by atoms with E-state index in [0.29, 0.717) is 44.1 Å². The van der Waals surface area contributed by atoms with Crippen molar-refractivity contribution in [2.45, 2.75) is 212 Å². The molecule has 14 heteroatoms. The molecule has 61 heavy (non-hydrogen) atoms. The van der Waals surface area contributed by atoms with Crippen LogP contribution in [0.1, 0.15) is 134 Å². The van der Waals surface area contributed by atoms with Crippen LogP contribution < -0.4 is 0 Å². The molecule has 6 fully saturated rings. The fourth-order valence-electron chi connectivity index (χ4n) is 11.8. The molecule has 4 N–H and O–H groups in total. The van der Waals surface area contributed by atoms with Gasteiger partial charge in [-0.1, -0.05) is 61.5 Å². The number of ketones is 1. The van der Waals surface area contributed by atoms with E-state index in [1.165, 1.54) is 0 Å². The summed E-state index contributed by atoms with van der Waals surface area (Å²) in [7, 11) is 1.70. The van der Waals surface area contributed by atoms with Gasteiger partial charge < -0.3 is 58.3 Å². The number of allylic oxidation sites excluding steroid dienone is 1. The second-order valence-corrected chi connectivity index (χ2v) is 20.6. The number of carboxylic acid groups (broad SMARTS) is 1. The molecule has 6 heterocycles. The molecule has 350 valence electrons. The van der Waals surface area contributed by atoms with Gasteiger partial charge in [0.2, 0.25) is 0 Å². The van der Waals surface area contributed by atoms with E-state index in [2.05, 4.69) is 27.7 Å². The van der Waals surface area contributed by atoms with Crippen molar-refractivity contribution in [1.82, 2.24) is 0 Å². The zero-order valence-corrected chi connectivity index (χ0v) is 38.8. The molecular weight excluding hydrogens is 789 g/mol. The SMILES string of the molecule is COC1CCC(OC2CC(C3(C)CCC4(CC(O)C(C)C(C(C)/C=C(/C)C(=O)C(C)CC(C)C(=O)O)O4)O3)OC3(OC(C4OC(O)(CO)C(C)CC4C)CC3C)C2C)OC1C. The largest absolute Gasteiger partial charge is 0.481 e. The smallest absolute Gasteiger partial charge is 0.306 e.